The molecule has 1 atom stereocenters. The summed E-state index contributed by atoms with van der Waals surface area (Å²) in [5.41, 5.74) is 7.37. The van der Waals surface area contributed by atoms with Gasteiger partial charge >= 0.3 is 0 Å². The molecule has 1 aromatic carbocycles. The van der Waals surface area contributed by atoms with Crippen molar-refractivity contribution >= 4 is 11.8 Å². The van der Waals surface area contributed by atoms with Crippen LogP contribution in [0.2, 0.25) is 0 Å². The number of piperidine rings is 1. The van der Waals surface area contributed by atoms with Crippen LogP contribution in [0.4, 0.5) is 0 Å². The van der Waals surface area contributed by atoms with Crippen molar-refractivity contribution in [2.75, 3.05) is 6.54 Å². The van der Waals surface area contributed by atoms with Crippen molar-refractivity contribution in [3.8, 4) is 5.75 Å². The van der Waals surface area contributed by atoms with Gasteiger partial charge in [0.15, 0.2) is 5.88 Å². The Kier molecular flexibility index (Phi) is 7.73. The molecule has 2 N–H and O–H groups in total. The summed E-state index contributed by atoms with van der Waals surface area (Å²) in [5.74, 6) is 0.101. The molecule has 2 amide bonds. The first kappa shape index (κ1) is 21.4. The Labute approximate surface area is 174 Å². The molecular weight excluding hydrogens is 364 g/mol. The number of carbonyl (C=O) groups excluding carboxylic acids is 2. The SMILES string of the molecule is CCCCCCCCCCCCN1C(=O)CC2C(=C(N)Oc3ccccc32)C1=O. The van der Waals surface area contributed by atoms with Crippen LogP contribution in [0.25, 0.3) is 0 Å². The van der Waals surface area contributed by atoms with E-state index in [9.17, 15) is 9.59 Å². The fraction of sp³-hybridized carbons (Fsp3) is 0.583. The molecule has 158 valence electrons. The van der Waals surface area contributed by atoms with Crippen molar-refractivity contribution in [2.45, 2.75) is 83.5 Å². The van der Waals surface area contributed by atoms with Crippen LogP contribution in [0, 0.1) is 0 Å². The number of likely N-dealkylation sites (tertiary alicyclic amines) is 1. The molecule has 5 heteroatoms. The minimum atomic E-state index is -0.288. The molecule has 3 rings (SSSR count). The van der Waals surface area contributed by atoms with Gasteiger partial charge in [0.1, 0.15) is 5.75 Å². The molecule has 0 saturated carbocycles. The fourth-order valence-corrected chi connectivity index (χ4v) is 4.36. The van der Waals surface area contributed by atoms with E-state index < -0.39 is 0 Å². The fourth-order valence-electron chi connectivity index (χ4n) is 4.36. The molecule has 2 aliphatic heterocycles. The smallest absolute Gasteiger partial charge is 0.262 e. The molecule has 2 heterocycles. The van der Waals surface area contributed by atoms with Gasteiger partial charge in [-0.05, 0) is 12.5 Å². The van der Waals surface area contributed by atoms with Gasteiger partial charge in [-0.1, -0.05) is 82.9 Å². The molecule has 0 aromatic heterocycles. The second kappa shape index (κ2) is 10.5. The highest BCUT2D eigenvalue weighted by Gasteiger charge is 2.42. The molecule has 2 aliphatic rings. The quantitative estimate of drug-likeness (QED) is 0.420. The van der Waals surface area contributed by atoms with Gasteiger partial charge in [-0.25, -0.2) is 0 Å². The number of carbonyl (C=O) groups is 2. The highest BCUT2D eigenvalue weighted by Crippen LogP contribution is 2.43. The number of rotatable bonds is 11. The molecule has 0 aliphatic carbocycles. The van der Waals surface area contributed by atoms with Crippen LogP contribution in [0.1, 0.15) is 89.0 Å². The van der Waals surface area contributed by atoms with Gasteiger partial charge < -0.3 is 10.5 Å². The number of hydrogen-bond donors (Lipinski definition) is 1. The third-order valence-electron chi connectivity index (χ3n) is 6.02. The lowest BCUT2D eigenvalue weighted by Crippen LogP contribution is -2.47. The Morgan fingerprint density at radius 3 is 2.28 bits per heavy atom. The summed E-state index contributed by atoms with van der Waals surface area (Å²) in [6.07, 6.45) is 12.5. The molecule has 5 nitrogen and oxygen atoms in total. The van der Waals surface area contributed by atoms with Gasteiger partial charge in [-0.15, -0.1) is 0 Å². The van der Waals surface area contributed by atoms with Gasteiger partial charge in [-0.2, -0.15) is 0 Å². The minimum absolute atomic E-state index is 0.107. The summed E-state index contributed by atoms with van der Waals surface area (Å²) in [5, 5.41) is 0. The van der Waals surface area contributed by atoms with Crippen LogP contribution in [-0.4, -0.2) is 23.3 Å². The zero-order chi connectivity index (χ0) is 20.6. The third-order valence-corrected chi connectivity index (χ3v) is 6.02. The van der Waals surface area contributed by atoms with Crippen molar-refractivity contribution in [3.05, 3.63) is 41.3 Å². The van der Waals surface area contributed by atoms with Crippen LogP contribution >= 0.6 is 0 Å². The summed E-state index contributed by atoms with van der Waals surface area (Å²) >= 11 is 0. The lowest BCUT2D eigenvalue weighted by atomic mass is 9.82. The number of fused-ring (bicyclic) bond motifs is 3. The normalized spacial score (nSPS) is 18.5. The van der Waals surface area contributed by atoms with Crippen LogP contribution in [-0.2, 0) is 9.59 Å². The monoisotopic (exact) mass is 398 g/mol. The van der Waals surface area contributed by atoms with E-state index in [1.54, 1.807) is 0 Å². The molecule has 29 heavy (non-hydrogen) atoms. The average molecular weight is 399 g/mol. The molecule has 0 bridgehead atoms. The summed E-state index contributed by atoms with van der Waals surface area (Å²) < 4.78 is 5.66. The number of unbranched alkanes of at least 4 members (excludes halogenated alkanes) is 9. The number of nitrogens with two attached hydrogens (primary N) is 1. The van der Waals surface area contributed by atoms with E-state index >= 15 is 0 Å². The Hall–Kier alpha value is -2.30. The van der Waals surface area contributed by atoms with E-state index in [0.29, 0.717) is 17.9 Å². The first-order chi connectivity index (χ1) is 14.1. The van der Waals surface area contributed by atoms with E-state index in [1.807, 2.05) is 24.3 Å². The van der Waals surface area contributed by atoms with Gasteiger partial charge in [-0.3, -0.25) is 14.5 Å². The van der Waals surface area contributed by atoms with Gasteiger partial charge in [0.05, 0.1) is 5.57 Å². The third kappa shape index (κ3) is 5.20. The van der Waals surface area contributed by atoms with Crippen LogP contribution in [0.3, 0.4) is 0 Å². The number of imide groups is 1. The van der Waals surface area contributed by atoms with E-state index in [0.717, 1.165) is 24.8 Å². The van der Waals surface area contributed by atoms with E-state index in [2.05, 4.69) is 6.92 Å². The Balaban J connectivity index is 1.46. The van der Waals surface area contributed by atoms with Gasteiger partial charge in [0, 0.05) is 24.4 Å². The van der Waals surface area contributed by atoms with E-state index in [4.69, 9.17) is 10.5 Å². The maximum absolute atomic E-state index is 13.0. The van der Waals surface area contributed by atoms with Crippen LogP contribution in [0.15, 0.2) is 35.7 Å². The summed E-state index contributed by atoms with van der Waals surface area (Å²) in [6, 6.07) is 7.49. The lowest BCUT2D eigenvalue weighted by molar-refractivity contribution is -0.145. The summed E-state index contributed by atoms with van der Waals surface area (Å²) in [7, 11) is 0. The number of benzene rings is 1. The van der Waals surface area contributed by atoms with Crippen molar-refractivity contribution in [1.82, 2.24) is 4.90 Å². The van der Waals surface area contributed by atoms with Crippen LogP contribution < -0.4 is 10.5 Å². The Morgan fingerprint density at radius 1 is 0.966 bits per heavy atom. The van der Waals surface area contributed by atoms with Crippen molar-refractivity contribution < 1.29 is 14.3 Å². The molecule has 0 radical (unpaired) electrons. The zero-order valence-corrected chi connectivity index (χ0v) is 17.6. The van der Waals surface area contributed by atoms with E-state index in [-0.39, 0.29) is 30.0 Å². The highest BCUT2D eigenvalue weighted by atomic mass is 16.5. The second-order valence-corrected chi connectivity index (χ2v) is 8.21. The second-order valence-electron chi connectivity index (χ2n) is 8.21. The minimum Gasteiger partial charge on any atom is -0.441 e. The number of ether oxygens (including phenoxy) is 1. The maximum atomic E-state index is 13.0. The Bertz CT molecular complexity index is 756. The molecule has 1 fully saturated rings. The predicted octanol–water partition coefficient (Wildman–Crippen LogP) is 5.01. The first-order valence-electron chi connectivity index (χ1n) is 11.2. The molecule has 0 spiro atoms. The average Bonchev–Trinajstić information content (AvgIpc) is 2.71. The summed E-state index contributed by atoms with van der Waals surface area (Å²) in [6.45, 7) is 2.71. The highest BCUT2D eigenvalue weighted by molar-refractivity contribution is 6.09. The van der Waals surface area contributed by atoms with Gasteiger partial charge in [0.2, 0.25) is 5.91 Å². The maximum Gasteiger partial charge on any atom is 0.262 e. The van der Waals surface area contributed by atoms with Crippen LogP contribution in [0.5, 0.6) is 5.75 Å². The first-order valence-corrected chi connectivity index (χ1v) is 11.2. The van der Waals surface area contributed by atoms with Crippen molar-refractivity contribution in [3.63, 3.8) is 0 Å². The summed E-state index contributed by atoms with van der Waals surface area (Å²) in [4.78, 5) is 27.0. The van der Waals surface area contributed by atoms with Crippen molar-refractivity contribution in [1.29, 1.82) is 0 Å². The number of nitrogens with zero attached hydrogens (tertiary/aromatic N) is 1. The molecule has 1 aromatic rings. The lowest BCUT2D eigenvalue weighted by Gasteiger charge is -2.36. The van der Waals surface area contributed by atoms with Gasteiger partial charge in [0.25, 0.3) is 5.91 Å². The number of hydrogen-bond acceptors (Lipinski definition) is 4. The molecule has 1 saturated heterocycles. The number of amides is 2. The zero-order valence-electron chi connectivity index (χ0n) is 17.6. The Morgan fingerprint density at radius 2 is 1.59 bits per heavy atom. The number of para-hydroxylation sites is 1. The predicted molar refractivity (Wildman–Crippen MR) is 114 cm³/mol. The van der Waals surface area contributed by atoms with Crippen molar-refractivity contribution in [2.24, 2.45) is 5.73 Å². The topological polar surface area (TPSA) is 72.6 Å². The standard InChI is InChI=1S/C24H34N2O3/c1-2-3-4-5-6-7-8-9-10-13-16-26-21(27)17-19-18-14-11-12-15-20(18)29-23(25)22(19)24(26)28/h11-12,14-15,19H,2-10,13,16-17,25H2,1H3. The van der Waals surface area contributed by atoms with E-state index in [1.165, 1.54) is 49.8 Å². The molecular formula is C24H34N2O3. The molecule has 1 unspecified atom stereocenters. The largest absolute Gasteiger partial charge is 0.441 e.